The molecule has 0 radical (unpaired) electrons. The van der Waals surface area contributed by atoms with Crippen LogP contribution in [-0.2, 0) is 6.42 Å². The van der Waals surface area contributed by atoms with E-state index in [1.165, 1.54) is 15.4 Å². The molecular weight excluding hydrogens is 224 g/mol. The van der Waals surface area contributed by atoms with E-state index in [-0.39, 0.29) is 0 Å². The van der Waals surface area contributed by atoms with Crippen LogP contribution in [0, 0.1) is 6.92 Å². The van der Waals surface area contributed by atoms with Crippen LogP contribution in [0.1, 0.15) is 10.6 Å². The quantitative estimate of drug-likeness (QED) is 0.886. The van der Waals surface area contributed by atoms with Gasteiger partial charge in [0.15, 0.2) is 0 Å². The Kier molecular flexibility index (Phi) is 3.51. The smallest absolute Gasteiger partial charge is 0.0945 e. The predicted molar refractivity (Wildman–Crippen MR) is 67.8 cm³/mol. The van der Waals surface area contributed by atoms with Crippen molar-refractivity contribution in [2.75, 3.05) is 13.6 Å². The standard InChI is InChI=1S/C11H14N2S2/c1-8-4-6-14-11(8)9-7-15-10(13-9)3-5-12-2/h4,6-7,12H,3,5H2,1-2H3. The third kappa shape index (κ3) is 2.45. The molecule has 2 heterocycles. The number of hydrogen-bond donors (Lipinski definition) is 1. The number of aromatic nitrogens is 1. The number of nitrogens with zero attached hydrogens (tertiary/aromatic N) is 1. The molecule has 2 aromatic heterocycles. The van der Waals surface area contributed by atoms with Crippen molar-refractivity contribution >= 4 is 22.7 Å². The first-order chi connectivity index (χ1) is 7.31. The van der Waals surface area contributed by atoms with E-state index in [1.54, 1.807) is 22.7 Å². The van der Waals surface area contributed by atoms with Crippen molar-refractivity contribution < 1.29 is 0 Å². The van der Waals surface area contributed by atoms with Crippen LogP contribution in [0.15, 0.2) is 16.8 Å². The van der Waals surface area contributed by atoms with Gasteiger partial charge >= 0.3 is 0 Å². The molecule has 0 saturated heterocycles. The van der Waals surface area contributed by atoms with Crippen LogP contribution in [0.2, 0.25) is 0 Å². The topological polar surface area (TPSA) is 24.9 Å². The fourth-order valence-corrected chi connectivity index (χ4v) is 3.15. The van der Waals surface area contributed by atoms with E-state index in [2.05, 4.69) is 34.1 Å². The lowest BCUT2D eigenvalue weighted by atomic mass is 10.2. The number of thiophene rings is 1. The van der Waals surface area contributed by atoms with E-state index in [1.807, 2.05) is 7.05 Å². The van der Waals surface area contributed by atoms with E-state index < -0.39 is 0 Å². The first-order valence-corrected chi connectivity index (χ1v) is 6.70. The van der Waals surface area contributed by atoms with Gasteiger partial charge in [-0.1, -0.05) is 0 Å². The molecule has 0 aliphatic rings. The average Bonchev–Trinajstić information content (AvgIpc) is 2.83. The van der Waals surface area contributed by atoms with Gasteiger partial charge in [-0.05, 0) is 31.0 Å². The summed E-state index contributed by atoms with van der Waals surface area (Å²) < 4.78 is 0. The first kappa shape index (κ1) is 10.8. The van der Waals surface area contributed by atoms with Crippen molar-refractivity contribution in [2.45, 2.75) is 13.3 Å². The number of likely N-dealkylation sites (N-methyl/N-ethyl adjacent to an activating group) is 1. The fourth-order valence-electron chi connectivity index (χ4n) is 1.40. The lowest BCUT2D eigenvalue weighted by Gasteiger charge is -1.94. The Hall–Kier alpha value is -0.710. The Morgan fingerprint density at radius 2 is 2.27 bits per heavy atom. The van der Waals surface area contributed by atoms with Gasteiger partial charge in [-0.3, -0.25) is 0 Å². The SMILES string of the molecule is CNCCc1nc(-c2sccc2C)cs1. The molecule has 2 rings (SSSR count). The van der Waals surface area contributed by atoms with Gasteiger partial charge in [0.2, 0.25) is 0 Å². The molecular formula is C11H14N2S2. The monoisotopic (exact) mass is 238 g/mol. The van der Waals surface area contributed by atoms with E-state index in [9.17, 15) is 0 Å². The lowest BCUT2D eigenvalue weighted by molar-refractivity contribution is 0.788. The van der Waals surface area contributed by atoms with Crippen molar-refractivity contribution in [1.82, 2.24) is 10.3 Å². The molecule has 0 spiro atoms. The van der Waals surface area contributed by atoms with Gasteiger partial charge < -0.3 is 5.32 Å². The molecule has 0 bridgehead atoms. The predicted octanol–water partition coefficient (Wildman–Crippen LogP) is 2.94. The van der Waals surface area contributed by atoms with E-state index >= 15 is 0 Å². The summed E-state index contributed by atoms with van der Waals surface area (Å²) in [5.41, 5.74) is 2.46. The van der Waals surface area contributed by atoms with Crippen molar-refractivity contribution in [3.05, 3.63) is 27.4 Å². The summed E-state index contributed by atoms with van der Waals surface area (Å²) in [6.45, 7) is 3.13. The molecule has 80 valence electrons. The van der Waals surface area contributed by atoms with Crippen molar-refractivity contribution in [3.8, 4) is 10.6 Å². The molecule has 0 amide bonds. The molecule has 4 heteroatoms. The highest BCUT2D eigenvalue weighted by Crippen LogP contribution is 2.29. The second kappa shape index (κ2) is 4.88. The molecule has 0 unspecified atom stereocenters. The summed E-state index contributed by atoms with van der Waals surface area (Å²) in [6, 6.07) is 2.15. The zero-order valence-electron chi connectivity index (χ0n) is 8.91. The lowest BCUT2D eigenvalue weighted by Crippen LogP contribution is -2.09. The van der Waals surface area contributed by atoms with Gasteiger partial charge in [-0.25, -0.2) is 4.98 Å². The van der Waals surface area contributed by atoms with Crippen LogP contribution >= 0.6 is 22.7 Å². The van der Waals surface area contributed by atoms with Gasteiger partial charge in [0.05, 0.1) is 15.6 Å². The third-order valence-electron chi connectivity index (χ3n) is 2.24. The Morgan fingerprint density at radius 1 is 1.40 bits per heavy atom. The zero-order valence-corrected chi connectivity index (χ0v) is 10.5. The molecule has 15 heavy (non-hydrogen) atoms. The minimum atomic E-state index is 0.996. The Bertz CT molecular complexity index is 431. The second-order valence-electron chi connectivity index (χ2n) is 3.41. The highest BCUT2D eigenvalue weighted by atomic mass is 32.1. The van der Waals surface area contributed by atoms with Crippen LogP contribution in [0.25, 0.3) is 10.6 Å². The summed E-state index contributed by atoms with van der Waals surface area (Å²) in [4.78, 5) is 5.95. The van der Waals surface area contributed by atoms with Crippen LogP contribution in [-0.4, -0.2) is 18.6 Å². The molecule has 2 aromatic rings. The van der Waals surface area contributed by atoms with Gasteiger partial charge in [-0.2, -0.15) is 0 Å². The Morgan fingerprint density at radius 3 is 2.93 bits per heavy atom. The third-order valence-corrected chi connectivity index (χ3v) is 4.18. The summed E-state index contributed by atoms with van der Waals surface area (Å²) in [5, 5.41) is 8.63. The number of thiazole rings is 1. The van der Waals surface area contributed by atoms with Crippen molar-refractivity contribution in [1.29, 1.82) is 0 Å². The summed E-state index contributed by atoms with van der Waals surface area (Å²) >= 11 is 3.52. The molecule has 0 fully saturated rings. The van der Waals surface area contributed by atoms with Gasteiger partial charge in [0.25, 0.3) is 0 Å². The fraction of sp³-hybridized carbons (Fsp3) is 0.364. The van der Waals surface area contributed by atoms with Crippen LogP contribution in [0.4, 0.5) is 0 Å². The zero-order chi connectivity index (χ0) is 10.7. The molecule has 0 atom stereocenters. The van der Waals surface area contributed by atoms with Crippen LogP contribution in [0.5, 0.6) is 0 Å². The van der Waals surface area contributed by atoms with Crippen LogP contribution < -0.4 is 5.32 Å². The second-order valence-corrected chi connectivity index (χ2v) is 5.27. The van der Waals surface area contributed by atoms with Gasteiger partial charge in [0.1, 0.15) is 0 Å². The van der Waals surface area contributed by atoms with Gasteiger partial charge in [-0.15, -0.1) is 22.7 Å². The maximum Gasteiger partial charge on any atom is 0.0945 e. The summed E-state index contributed by atoms with van der Waals surface area (Å²) in [6.07, 6.45) is 1.02. The Labute approximate surface area is 98.0 Å². The molecule has 0 aliphatic carbocycles. The molecule has 0 saturated carbocycles. The normalized spacial score (nSPS) is 10.8. The molecule has 0 aliphatic heterocycles. The number of nitrogens with one attached hydrogen (secondary N) is 1. The number of aryl methyl sites for hydroxylation is 1. The highest BCUT2D eigenvalue weighted by Gasteiger charge is 2.07. The minimum Gasteiger partial charge on any atom is -0.319 e. The highest BCUT2D eigenvalue weighted by molar-refractivity contribution is 7.14. The average molecular weight is 238 g/mol. The number of rotatable bonds is 4. The van der Waals surface area contributed by atoms with E-state index in [4.69, 9.17) is 0 Å². The largest absolute Gasteiger partial charge is 0.319 e. The molecule has 1 N–H and O–H groups in total. The maximum absolute atomic E-state index is 4.64. The minimum absolute atomic E-state index is 0.996. The van der Waals surface area contributed by atoms with E-state index in [0.29, 0.717) is 0 Å². The molecule has 2 nitrogen and oxygen atoms in total. The van der Waals surface area contributed by atoms with Gasteiger partial charge in [0, 0.05) is 18.3 Å². The number of hydrogen-bond acceptors (Lipinski definition) is 4. The van der Waals surface area contributed by atoms with E-state index in [0.717, 1.165) is 18.7 Å². The molecule has 0 aromatic carbocycles. The summed E-state index contributed by atoms with van der Waals surface area (Å²) in [5.74, 6) is 0. The summed E-state index contributed by atoms with van der Waals surface area (Å²) in [7, 11) is 1.97. The van der Waals surface area contributed by atoms with Crippen molar-refractivity contribution in [3.63, 3.8) is 0 Å². The van der Waals surface area contributed by atoms with Crippen LogP contribution in [0.3, 0.4) is 0 Å². The Balaban J connectivity index is 2.17. The maximum atomic E-state index is 4.64. The van der Waals surface area contributed by atoms with Crippen molar-refractivity contribution in [2.24, 2.45) is 0 Å². The first-order valence-electron chi connectivity index (χ1n) is 4.94.